The van der Waals surface area contributed by atoms with E-state index in [0.717, 1.165) is 16.6 Å². The molecule has 0 saturated heterocycles. The van der Waals surface area contributed by atoms with Crippen molar-refractivity contribution in [3.8, 4) is 11.5 Å². The zero-order valence-electron chi connectivity index (χ0n) is 18.3. The van der Waals surface area contributed by atoms with Crippen molar-refractivity contribution in [2.24, 2.45) is 0 Å². The third kappa shape index (κ3) is 4.58. The Balaban J connectivity index is 1.46. The van der Waals surface area contributed by atoms with Crippen LogP contribution in [0.5, 0.6) is 11.5 Å². The number of ether oxygens (including phenoxy) is 2. The molecule has 6 nitrogen and oxygen atoms in total. The van der Waals surface area contributed by atoms with Crippen LogP contribution in [0.1, 0.15) is 21.6 Å². The van der Waals surface area contributed by atoms with Gasteiger partial charge in [-0.1, -0.05) is 23.8 Å². The molecule has 0 unspecified atom stereocenters. The van der Waals surface area contributed by atoms with E-state index in [1.54, 1.807) is 17.4 Å². The monoisotopic (exact) mass is 477 g/mol. The van der Waals surface area contributed by atoms with Crippen LogP contribution in [0.15, 0.2) is 58.7 Å². The van der Waals surface area contributed by atoms with Gasteiger partial charge in [0.2, 0.25) is 6.79 Å². The highest BCUT2D eigenvalue weighted by atomic mass is 32.1. The maximum atomic E-state index is 12.9. The number of aromatic amines is 1. The van der Waals surface area contributed by atoms with Crippen LogP contribution in [0, 0.1) is 13.8 Å². The van der Waals surface area contributed by atoms with Crippen LogP contribution in [0.2, 0.25) is 0 Å². The number of thiophene rings is 1. The number of hydrogen-bond donors (Lipinski definition) is 2. The van der Waals surface area contributed by atoms with Gasteiger partial charge in [-0.15, -0.1) is 11.3 Å². The number of aromatic nitrogens is 1. The fourth-order valence-corrected chi connectivity index (χ4v) is 4.86. The van der Waals surface area contributed by atoms with E-state index in [-0.39, 0.29) is 12.4 Å². The number of nitrogens with one attached hydrogen (secondary N) is 2. The SMILES string of the molecule is Cc1ccc(NC(=S)N(Cc2cccs2)Cc2cc3cc4c(cc3[nH]c2=O)OCO4)c(C)c1. The van der Waals surface area contributed by atoms with Crippen LogP contribution in [0.3, 0.4) is 0 Å². The second-order valence-electron chi connectivity index (χ2n) is 8.10. The van der Waals surface area contributed by atoms with Crippen LogP contribution >= 0.6 is 23.6 Å². The van der Waals surface area contributed by atoms with E-state index < -0.39 is 0 Å². The maximum absolute atomic E-state index is 12.9. The van der Waals surface area contributed by atoms with Gasteiger partial charge in [-0.05, 0) is 61.3 Å². The van der Waals surface area contributed by atoms with Crippen molar-refractivity contribution in [1.29, 1.82) is 0 Å². The third-order valence-corrected chi connectivity index (χ3v) is 6.83. The van der Waals surface area contributed by atoms with Crippen molar-refractivity contribution in [2.75, 3.05) is 12.1 Å². The Kier molecular flexibility index (Phi) is 5.78. The zero-order valence-corrected chi connectivity index (χ0v) is 19.9. The fourth-order valence-electron chi connectivity index (χ4n) is 3.90. The summed E-state index contributed by atoms with van der Waals surface area (Å²) in [6.07, 6.45) is 0. The smallest absolute Gasteiger partial charge is 0.253 e. The topological polar surface area (TPSA) is 66.6 Å². The molecule has 1 aliphatic heterocycles. The van der Waals surface area contributed by atoms with Crippen molar-refractivity contribution in [1.82, 2.24) is 9.88 Å². The second-order valence-corrected chi connectivity index (χ2v) is 9.52. The first kappa shape index (κ1) is 21.5. The molecule has 0 aliphatic carbocycles. The molecular formula is C25H23N3O3S2. The van der Waals surface area contributed by atoms with Gasteiger partial charge in [-0.25, -0.2) is 0 Å². The van der Waals surface area contributed by atoms with E-state index in [4.69, 9.17) is 21.7 Å². The highest BCUT2D eigenvalue weighted by molar-refractivity contribution is 7.80. The van der Waals surface area contributed by atoms with Crippen molar-refractivity contribution in [2.45, 2.75) is 26.9 Å². The van der Waals surface area contributed by atoms with Crippen molar-refractivity contribution < 1.29 is 9.47 Å². The Hall–Kier alpha value is -3.36. The van der Waals surface area contributed by atoms with E-state index in [9.17, 15) is 4.79 Å². The summed E-state index contributed by atoms with van der Waals surface area (Å²) in [5, 5.41) is 6.87. The van der Waals surface area contributed by atoms with Crippen LogP contribution in [0.4, 0.5) is 5.69 Å². The highest BCUT2D eigenvalue weighted by Gasteiger charge is 2.18. The van der Waals surface area contributed by atoms with Crippen molar-refractivity contribution >= 4 is 45.3 Å². The number of anilines is 1. The molecule has 1 aliphatic rings. The molecule has 0 fully saturated rings. The summed E-state index contributed by atoms with van der Waals surface area (Å²) in [5.74, 6) is 1.33. The molecule has 5 rings (SSSR count). The average molecular weight is 478 g/mol. The summed E-state index contributed by atoms with van der Waals surface area (Å²) in [6.45, 7) is 5.29. The van der Waals surface area contributed by atoms with E-state index in [2.05, 4.69) is 42.3 Å². The lowest BCUT2D eigenvalue weighted by molar-refractivity contribution is 0.174. The lowest BCUT2D eigenvalue weighted by atomic mass is 10.1. The number of thiocarbonyl (C=S) groups is 1. The molecule has 0 bridgehead atoms. The standard InChI is InChI=1S/C25H23N3O3S2/c1-15-5-6-20(16(2)8-15)27-25(32)28(13-19-4-3-7-33-19)12-18-9-17-10-22-23(31-14-30-22)11-21(17)26-24(18)29/h3-11H,12-14H2,1-2H3,(H,26,29)(H,27,32). The summed E-state index contributed by atoms with van der Waals surface area (Å²) >= 11 is 7.46. The van der Waals surface area contributed by atoms with Crippen molar-refractivity contribution in [3.05, 3.63) is 85.8 Å². The van der Waals surface area contributed by atoms with Gasteiger partial charge in [0.05, 0.1) is 18.6 Å². The first-order chi connectivity index (χ1) is 16.0. The minimum absolute atomic E-state index is 0.146. The quantitative estimate of drug-likeness (QED) is 0.379. The third-order valence-electron chi connectivity index (χ3n) is 5.61. The number of pyridine rings is 1. The number of nitrogens with zero attached hydrogens (tertiary/aromatic N) is 1. The van der Waals surface area contributed by atoms with Crippen LogP contribution in [-0.4, -0.2) is 21.8 Å². The molecule has 168 valence electrons. The van der Waals surface area contributed by atoms with Crippen LogP contribution in [-0.2, 0) is 13.1 Å². The summed E-state index contributed by atoms with van der Waals surface area (Å²) in [7, 11) is 0. The van der Waals surface area contributed by atoms with Gasteiger partial charge in [0.1, 0.15) is 0 Å². The van der Waals surface area contributed by atoms with Gasteiger partial charge >= 0.3 is 0 Å². The average Bonchev–Trinajstić information content (AvgIpc) is 3.45. The summed E-state index contributed by atoms with van der Waals surface area (Å²) in [5.41, 5.74) is 4.47. The lowest BCUT2D eigenvalue weighted by Gasteiger charge is -2.26. The summed E-state index contributed by atoms with van der Waals surface area (Å²) in [6, 6.07) is 15.9. The van der Waals surface area contributed by atoms with Crippen LogP contribution in [0.25, 0.3) is 10.9 Å². The van der Waals surface area contributed by atoms with Gasteiger partial charge in [0.15, 0.2) is 16.6 Å². The molecule has 2 N–H and O–H groups in total. The Morgan fingerprint density at radius 1 is 1.12 bits per heavy atom. The number of aryl methyl sites for hydroxylation is 2. The molecule has 8 heteroatoms. The minimum atomic E-state index is -0.146. The first-order valence-electron chi connectivity index (χ1n) is 10.6. The van der Waals surface area contributed by atoms with Gasteiger partial charge in [0, 0.05) is 27.6 Å². The number of H-pyrrole nitrogens is 1. The van der Waals surface area contributed by atoms with Gasteiger partial charge < -0.3 is 24.7 Å². The minimum Gasteiger partial charge on any atom is -0.454 e. The normalized spacial score (nSPS) is 12.2. The maximum Gasteiger partial charge on any atom is 0.253 e. The molecule has 0 saturated carbocycles. The molecule has 33 heavy (non-hydrogen) atoms. The van der Waals surface area contributed by atoms with E-state index in [1.807, 2.05) is 34.5 Å². The summed E-state index contributed by atoms with van der Waals surface area (Å²) < 4.78 is 10.9. The van der Waals surface area contributed by atoms with Crippen LogP contribution < -0.4 is 20.3 Å². The second kappa shape index (κ2) is 8.88. The molecular weight excluding hydrogens is 454 g/mol. The molecule has 0 atom stereocenters. The lowest BCUT2D eigenvalue weighted by Crippen LogP contribution is -2.35. The van der Waals surface area contributed by atoms with Gasteiger partial charge in [-0.3, -0.25) is 4.79 Å². The highest BCUT2D eigenvalue weighted by Crippen LogP contribution is 2.35. The zero-order chi connectivity index (χ0) is 22.9. The first-order valence-corrected chi connectivity index (χ1v) is 11.9. The molecule has 3 heterocycles. The molecule has 0 spiro atoms. The Labute approximate surface area is 200 Å². The largest absolute Gasteiger partial charge is 0.454 e. The Morgan fingerprint density at radius 2 is 1.94 bits per heavy atom. The van der Waals surface area contributed by atoms with Crippen molar-refractivity contribution in [3.63, 3.8) is 0 Å². The van der Waals surface area contributed by atoms with Gasteiger partial charge in [-0.2, -0.15) is 0 Å². The molecule has 4 aromatic rings. The number of fused-ring (bicyclic) bond motifs is 2. The predicted molar refractivity (Wildman–Crippen MR) is 136 cm³/mol. The predicted octanol–water partition coefficient (Wildman–Crippen LogP) is 5.33. The Bertz CT molecular complexity index is 1400. The fraction of sp³-hybridized carbons (Fsp3) is 0.200. The number of rotatable bonds is 5. The van der Waals surface area contributed by atoms with E-state index >= 15 is 0 Å². The van der Waals surface area contributed by atoms with Gasteiger partial charge in [0.25, 0.3) is 5.56 Å². The molecule has 2 aromatic carbocycles. The summed E-state index contributed by atoms with van der Waals surface area (Å²) in [4.78, 5) is 19.1. The molecule has 0 radical (unpaired) electrons. The van der Waals surface area contributed by atoms with E-state index in [0.29, 0.717) is 40.8 Å². The number of hydrogen-bond acceptors (Lipinski definition) is 5. The molecule has 2 aromatic heterocycles. The van der Waals surface area contributed by atoms with E-state index in [1.165, 1.54) is 10.4 Å². The Morgan fingerprint density at radius 3 is 2.70 bits per heavy atom. The molecule has 0 amide bonds. The number of benzene rings is 2.